The van der Waals surface area contributed by atoms with Gasteiger partial charge in [0.1, 0.15) is 0 Å². The second-order valence-electron chi connectivity index (χ2n) is 7.64. The van der Waals surface area contributed by atoms with Crippen LogP contribution >= 0.6 is 22.6 Å². The maximum absolute atomic E-state index is 14.2. The maximum atomic E-state index is 14.2. The standard InChI is InChI=1S/C22H19FIN7O7/c1-36-19-9-13(11-26-28-22-25-12-15(23)21(27-22)29-4-6-37-7-5-29)8-16(24)20(19)38-18-3-2-14(30(32)33)10-17(18)31(34)35/h2-3,8-12H,4-7H2,1H3,(H,25,27,28)/b26-11+. The molecule has 1 aliphatic rings. The smallest absolute Gasteiger partial charge is 0.318 e. The molecule has 38 heavy (non-hydrogen) atoms. The van der Waals surface area contributed by atoms with Gasteiger partial charge in [-0.05, 0) is 46.4 Å². The molecule has 1 aliphatic heterocycles. The molecule has 0 bridgehead atoms. The molecule has 1 fully saturated rings. The normalized spacial score (nSPS) is 13.4. The van der Waals surface area contributed by atoms with Gasteiger partial charge in [0.2, 0.25) is 11.7 Å². The van der Waals surface area contributed by atoms with Crippen LogP contribution in [0, 0.1) is 29.6 Å². The molecule has 0 radical (unpaired) electrons. The third-order valence-electron chi connectivity index (χ3n) is 5.23. The first-order chi connectivity index (χ1) is 18.3. The molecule has 4 rings (SSSR count). The van der Waals surface area contributed by atoms with Crippen molar-refractivity contribution in [2.24, 2.45) is 5.10 Å². The van der Waals surface area contributed by atoms with Crippen molar-refractivity contribution in [3.8, 4) is 17.2 Å². The monoisotopic (exact) mass is 639 g/mol. The number of nitrogens with zero attached hydrogens (tertiary/aromatic N) is 6. The lowest BCUT2D eigenvalue weighted by atomic mass is 10.2. The minimum atomic E-state index is -0.767. The van der Waals surface area contributed by atoms with Crippen LogP contribution in [0.1, 0.15) is 5.56 Å². The zero-order valence-corrected chi connectivity index (χ0v) is 21.8. The van der Waals surface area contributed by atoms with Crippen LogP contribution in [0.3, 0.4) is 0 Å². The minimum absolute atomic E-state index is 0.0937. The number of hydrogen-bond acceptors (Lipinski definition) is 12. The molecule has 0 aliphatic carbocycles. The van der Waals surface area contributed by atoms with Crippen molar-refractivity contribution in [2.75, 3.05) is 43.7 Å². The number of nitro groups is 2. The van der Waals surface area contributed by atoms with Crippen LogP contribution in [0.4, 0.5) is 27.5 Å². The SMILES string of the molecule is COc1cc(/C=N/Nc2ncc(F)c(N3CCOCC3)n2)cc(I)c1Oc1ccc([N+](=O)[O-])cc1[N+](=O)[O-]. The number of nitro benzene ring substituents is 2. The highest BCUT2D eigenvalue weighted by Gasteiger charge is 2.23. The molecule has 198 valence electrons. The van der Waals surface area contributed by atoms with Crippen molar-refractivity contribution in [1.82, 2.24) is 9.97 Å². The first-order valence-corrected chi connectivity index (χ1v) is 12.0. The number of hydrazone groups is 1. The van der Waals surface area contributed by atoms with Gasteiger partial charge in [0.15, 0.2) is 23.1 Å². The number of methoxy groups -OCH3 is 1. The van der Waals surface area contributed by atoms with E-state index in [4.69, 9.17) is 14.2 Å². The number of aromatic nitrogens is 2. The van der Waals surface area contributed by atoms with Crippen LogP contribution in [-0.2, 0) is 4.74 Å². The largest absolute Gasteiger partial charge is 0.493 e. The number of non-ortho nitro benzene ring substituents is 1. The van der Waals surface area contributed by atoms with Crippen LogP contribution in [0.15, 0.2) is 41.6 Å². The fourth-order valence-corrected chi connectivity index (χ4v) is 4.18. The lowest BCUT2D eigenvalue weighted by molar-refractivity contribution is -0.394. The lowest BCUT2D eigenvalue weighted by Crippen LogP contribution is -2.37. The zero-order valence-electron chi connectivity index (χ0n) is 19.7. The van der Waals surface area contributed by atoms with Gasteiger partial charge in [0, 0.05) is 19.2 Å². The number of anilines is 2. The van der Waals surface area contributed by atoms with E-state index in [1.807, 2.05) is 22.6 Å². The summed E-state index contributed by atoms with van der Waals surface area (Å²) in [5.74, 6) is -0.0879. The highest BCUT2D eigenvalue weighted by Crippen LogP contribution is 2.41. The third kappa shape index (κ3) is 6.20. The van der Waals surface area contributed by atoms with E-state index < -0.39 is 27.0 Å². The van der Waals surface area contributed by atoms with E-state index in [1.54, 1.807) is 17.0 Å². The van der Waals surface area contributed by atoms with E-state index >= 15 is 0 Å². The van der Waals surface area contributed by atoms with Crippen molar-refractivity contribution >= 4 is 51.9 Å². The van der Waals surface area contributed by atoms with E-state index in [2.05, 4.69) is 20.5 Å². The number of nitrogens with one attached hydrogen (secondary N) is 1. The summed E-state index contributed by atoms with van der Waals surface area (Å²) in [6.45, 7) is 1.96. The average molecular weight is 639 g/mol. The molecule has 1 saturated heterocycles. The summed E-state index contributed by atoms with van der Waals surface area (Å²) in [5.41, 5.74) is 2.23. The molecule has 14 nitrogen and oxygen atoms in total. The summed E-state index contributed by atoms with van der Waals surface area (Å²) in [6, 6.07) is 6.33. The summed E-state index contributed by atoms with van der Waals surface area (Å²) in [6.07, 6.45) is 2.51. The summed E-state index contributed by atoms with van der Waals surface area (Å²) in [5, 5.41) is 26.5. The summed E-state index contributed by atoms with van der Waals surface area (Å²) in [4.78, 5) is 30.8. The van der Waals surface area contributed by atoms with Gasteiger partial charge in [0.25, 0.3) is 5.69 Å². The molecule has 0 spiro atoms. The van der Waals surface area contributed by atoms with Crippen molar-refractivity contribution < 1.29 is 28.4 Å². The van der Waals surface area contributed by atoms with Gasteiger partial charge in [-0.3, -0.25) is 20.2 Å². The van der Waals surface area contributed by atoms with E-state index in [0.717, 1.165) is 24.4 Å². The van der Waals surface area contributed by atoms with Crippen molar-refractivity contribution in [2.45, 2.75) is 0 Å². The fraction of sp³-hybridized carbons (Fsp3) is 0.227. The van der Waals surface area contributed by atoms with Crippen molar-refractivity contribution in [3.05, 3.63) is 71.7 Å². The van der Waals surface area contributed by atoms with Gasteiger partial charge in [-0.2, -0.15) is 10.1 Å². The van der Waals surface area contributed by atoms with E-state index in [9.17, 15) is 24.6 Å². The third-order valence-corrected chi connectivity index (χ3v) is 6.03. The predicted octanol–water partition coefficient (Wildman–Crippen LogP) is 4.12. The van der Waals surface area contributed by atoms with Crippen molar-refractivity contribution in [1.29, 1.82) is 0 Å². The Labute approximate surface area is 227 Å². The molecule has 1 N–H and O–H groups in total. The Morgan fingerprint density at radius 2 is 1.95 bits per heavy atom. The fourth-order valence-electron chi connectivity index (χ4n) is 3.45. The predicted molar refractivity (Wildman–Crippen MR) is 142 cm³/mol. The summed E-state index contributed by atoms with van der Waals surface area (Å²) < 4.78 is 31.2. The number of morpholine rings is 1. The summed E-state index contributed by atoms with van der Waals surface area (Å²) >= 11 is 1.96. The molecule has 0 amide bonds. The second-order valence-corrected chi connectivity index (χ2v) is 8.80. The molecule has 2 heterocycles. The Morgan fingerprint density at radius 1 is 1.18 bits per heavy atom. The van der Waals surface area contributed by atoms with Crippen LogP contribution in [-0.4, -0.2) is 59.4 Å². The first-order valence-electron chi connectivity index (χ1n) is 10.9. The number of benzene rings is 2. The van der Waals surface area contributed by atoms with Crippen LogP contribution < -0.4 is 19.8 Å². The topological polar surface area (TPSA) is 167 Å². The van der Waals surface area contributed by atoms with E-state index in [1.165, 1.54) is 13.3 Å². The van der Waals surface area contributed by atoms with Crippen LogP contribution in [0.25, 0.3) is 0 Å². The molecular weight excluding hydrogens is 620 g/mol. The number of rotatable bonds is 9. The van der Waals surface area contributed by atoms with Crippen LogP contribution in [0.2, 0.25) is 0 Å². The molecule has 3 aromatic rings. The molecule has 0 atom stereocenters. The Morgan fingerprint density at radius 3 is 2.63 bits per heavy atom. The van der Waals surface area contributed by atoms with Crippen molar-refractivity contribution in [3.63, 3.8) is 0 Å². The number of ether oxygens (including phenoxy) is 3. The highest BCUT2D eigenvalue weighted by atomic mass is 127. The number of halogens is 2. The molecule has 16 heteroatoms. The Bertz CT molecular complexity index is 1400. The lowest BCUT2D eigenvalue weighted by Gasteiger charge is -2.27. The van der Waals surface area contributed by atoms with Gasteiger partial charge in [0.05, 0.1) is 52.2 Å². The minimum Gasteiger partial charge on any atom is -0.493 e. The average Bonchev–Trinajstić information content (AvgIpc) is 2.91. The molecule has 1 aromatic heterocycles. The van der Waals surface area contributed by atoms with Gasteiger partial charge < -0.3 is 19.1 Å². The quantitative estimate of drug-likeness (QED) is 0.155. The Balaban J connectivity index is 1.53. The molecular formula is C22H19FIN7O7. The van der Waals surface area contributed by atoms with Gasteiger partial charge in [-0.1, -0.05) is 0 Å². The van der Waals surface area contributed by atoms with Crippen LogP contribution in [0.5, 0.6) is 17.2 Å². The Kier molecular flexibility index (Phi) is 8.41. The van der Waals surface area contributed by atoms with E-state index in [0.29, 0.717) is 35.4 Å². The molecule has 0 unspecified atom stereocenters. The molecule has 0 saturated carbocycles. The summed E-state index contributed by atoms with van der Waals surface area (Å²) in [7, 11) is 1.39. The maximum Gasteiger partial charge on any atom is 0.318 e. The van der Waals surface area contributed by atoms with Gasteiger partial charge >= 0.3 is 5.69 Å². The Hall–Kier alpha value is -4.19. The molecule has 2 aromatic carbocycles. The highest BCUT2D eigenvalue weighted by molar-refractivity contribution is 14.1. The second kappa shape index (κ2) is 11.9. The zero-order chi connectivity index (χ0) is 27.2. The van der Waals surface area contributed by atoms with E-state index in [-0.39, 0.29) is 29.0 Å². The van der Waals surface area contributed by atoms with Gasteiger partial charge in [-0.15, -0.1) is 0 Å². The first kappa shape index (κ1) is 26.9. The van der Waals surface area contributed by atoms with Gasteiger partial charge in [-0.25, -0.2) is 14.8 Å². The number of hydrogen-bond donors (Lipinski definition) is 1.